The van der Waals surface area contributed by atoms with Crippen molar-refractivity contribution in [2.24, 2.45) is 4.99 Å². The molecule has 206 valence electrons. The lowest BCUT2D eigenvalue weighted by atomic mass is 9.89. The van der Waals surface area contributed by atoms with Gasteiger partial charge in [-0.2, -0.15) is 0 Å². The van der Waals surface area contributed by atoms with Crippen molar-refractivity contribution in [2.45, 2.75) is 63.5 Å². The fourth-order valence-corrected chi connectivity index (χ4v) is 6.42. The summed E-state index contributed by atoms with van der Waals surface area (Å²) in [6, 6.07) is 24.1. The smallest absolute Gasteiger partial charge is 0.253 e. The van der Waals surface area contributed by atoms with Crippen LogP contribution < -0.4 is 5.32 Å². The summed E-state index contributed by atoms with van der Waals surface area (Å²) >= 11 is 0. The van der Waals surface area contributed by atoms with Gasteiger partial charge in [0.25, 0.3) is 5.91 Å². The predicted molar refractivity (Wildman–Crippen MR) is 160 cm³/mol. The van der Waals surface area contributed by atoms with Crippen molar-refractivity contribution in [1.29, 1.82) is 0 Å². The largest absolute Gasteiger partial charge is 0.339 e. The van der Waals surface area contributed by atoms with E-state index in [0.717, 1.165) is 55.0 Å². The number of carbonyl (C=O) groups excluding carboxylic acids is 2. The molecule has 2 amide bonds. The number of nitrogens with one attached hydrogen (secondary N) is 1. The first kappa shape index (κ1) is 26.5. The number of anilines is 1. The minimum Gasteiger partial charge on any atom is -0.339 e. The van der Waals surface area contributed by atoms with Crippen molar-refractivity contribution in [2.75, 3.05) is 25.5 Å². The van der Waals surface area contributed by atoms with Crippen molar-refractivity contribution in [3.8, 4) is 0 Å². The molecule has 1 aliphatic carbocycles. The molecule has 1 saturated heterocycles. The van der Waals surface area contributed by atoms with E-state index in [4.69, 9.17) is 4.99 Å². The summed E-state index contributed by atoms with van der Waals surface area (Å²) in [5.41, 5.74) is 5.84. The molecule has 6 nitrogen and oxygen atoms in total. The molecule has 6 rings (SSSR count). The second-order valence-electron chi connectivity index (χ2n) is 11.4. The maximum absolute atomic E-state index is 13.5. The monoisotopic (exact) mass is 534 g/mol. The highest BCUT2D eigenvalue weighted by atomic mass is 16.2. The van der Waals surface area contributed by atoms with Crippen molar-refractivity contribution in [3.05, 3.63) is 95.1 Å². The van der Waals surface area contributed by atoms with Gasteiger partial charge in [-0.25, -0.2) is 0 Å². The zero-order valence-corrected chi connectivity index (χ0v) is 23.3. The topological polar surface area (TPSA) is 65.0 Å². The fourth-order valence-electron chi connectivity index (χ4n) is 6.42. The molecule has 2 fully saturated rings. The number of rotatable bonds is 7. The van der Waals surface area contributed by atoms with Gasteiger partial charge in [-0.3, -0.25) is 19.5 Å². The van der Waals surface area contributed by atoms with Crippen molar-refractivity contribution in [1.82, 2.24) is 9.80 Å². The molecular weight excluding hydrogens is 496 g/mol. The molecular formula is C34H38N4O2. The molecule has 3 aliphatic rings. The predicted octanol–water partition coefficient (Wildman–Crippen LogP) is 6.54. The van der Waals surface area contributed by atoms with Crippen LogP contribution in [0.15, 0.2) is 77.8 Å². The SMILES string of the molecule is CN(C(=O)c1ccc2c(c1)C(C(=Nc1ccc(CN3CCCC3)cc1)c1ccccc1)C(=O)N2)C1CCCCC1. The summed E-state index contributed by atoms with van der Waals surface area (Å²) < 4.78 is 0. The Morgan fingerprint density at radius 1 is 0.900 bits per heavy atom. The van der Waals surface area contributed by atoms with Crippen LogP contribution >= 0.6 is 0 Å². The van der Waals surface area contributed by atoms with Crippen LogP contribution in [-0.4, -0.2) is 53.5 Å². The van der Waals surface area contributed by atoms with E-state index in [-0.39, 0.29) is 17.9 Å². The molecule has 2 aliphatic heterocycles. The lowest BCUT2D eigenvalue weighted by Crippen LogP contribution is -2.38. The number of hydrogen-bond donors (Lipinski definition) is 1. The molecule has 1 atom stereocenters. The minimum atomic E-state index is -0.602. The summed E-state index contributed by atoms with van der Waals surface area (Å²) in [6.45, 7) is 3.28. The number of carbonyl (C=O) groups is 2. The number of benzene rings is 3. The Hall–Kier alpha value is -3.77. The third kappa shape index (κ3) is 5.59. The first-order valence-electron chi connectivity index (χ1n) is 14.7. The normalized spacial score (nSPS) is 19.9. The highest BCUT2D eigenvalue weighted by molar-refractivity contribution is 6.24. The molecule has 1 saturated carbocycles. The molecule has 0 aromatic heterocycles. The van der Waals surface area contributed by atoms with Crippen LogP contribution in [0.1, 0.15) is 77.9 Å². The van der Waals surface area contributed by atoms with E-state index in [1.165, 1.54) is 37.7 Å². The summed E-state index contributed by atoms with van der Waals surface area (Å²) in [4.78, 5) is 36.4. The first-order valence-corrected chi connectivity index (χ1v) is 14.7. The summed E-state index contributed by atoms with van der Waals surface area (Å²) in [5.74, 6) is -0.706. The standard InChI is InChI=1S/C34H38N4O2/c1-37(28-12-6-3-7-13-28)34(40)26-16-19-30-29(22-26)31(33(39)36-30)32(25-10-4-2-5-11-25)35-27-17-14-24(15-18-27)23-38-20-8-9-21-38/h2,4-5,10-11,14-19,22,28,31H,3,6-9,12-13,20-21,23H2,1H3,(H,36,39). The van der Waals surface area contributed by atoms with Gasteiger partial charge < -0.3 is 10.2 Å². The second kappa shape index (κ2) is 11.8. The zero-order valence-electron chi connectivity index (χ0n) is 23.3. The number of amides is 2. The third-order valence-electron chi connectivity index (χ3n) is 8.71. The fraction of sp³-hybridized carbons (Fsp3) is 0.382. The van der Waals surface area contributed by atoms with Crippen LogP contribution in [0.5, 0.6) is 0 Å². The van der Waals surface area contributed by atoms with E-state index in [0.29, 0.717) is 11.3 Å². The van der Waals surface area contributed by atoms with Crippen molar-refractivity contribution < 1.29 is 9.59 Å². The Morgan fingerprint density at radius 3 is 2.35 bits per heavy atom. The highest BCUT2D eigenvalue weighted by Gasteiger charge is 2.36. The van der Waals surface area contributed by atoms with E-state index < -0.39 is 5.92 Å². The Bertz CT molecular complexity index is 1390. The lowest BCUT2D eigenvalue weighted by molar-refractivity contribution is -0.115. The van der Waals surface area contributed by atoms with Crippen LogP contribution in [0.25, 0.3) is 0 Å². The van der Waals surface area contributed by atoms with Gasteiger partial charge in [-0.1, -0.05) is 61.7 Å². The number of nitrogens with zero attached hydrogens (tertiary/aromatic N) is 3. The van der Waals surface area contributed by atoms with E-state index in [1.807, 2.05) is 72.6 Å². The number of aliphatic imine (C=N–C) groups is 1. The molecule has 3 aromatic rings. The van der Waals surface area contributed by atoms with Gasteiger partial charge in [0, 0.05) is 30.9 Å². The number of fused-ring (bicyclic) bond motifs is 1. The van der Waals surface area contributed by atoms with Gasteiger partial charge in [0.2, 0.25) is 5.91 Å². The lowest BCUT2D eigenvalue weighted by Gasteiger charge is -2.31. The van der Waals surface area contributed by atoms with Crippen LogP contribution in [-0.2, 0) is 11.3 Å². The molecule has 0 spiro atoms. The minimum absolute atomic E-state index is 0.0135. The second-order valence-corrected chi connectivity index (χ2v) is 11.4. The van der Waals surface area contributed by atoms with E-state index in [9.17, 15) is 9.59 Å². The van der Waals surface area contributed by atoms with Gasteiger partial charge in [0.15, 0.2) is 0 Å². The van der Waals surface area contributed by atoms with Crippen LogP contribution in [0.3, 0.4) is 0 Å². The average molecular weight is 535 g/mol. The molecule has 3 aromatic carbocycles. The Kier molecular flexibility index (Phi) is 7.78. The molecule has 1 N–H and O–H groups in total. The van der Waals surface area contributed by atoms with E-state index in [2.05, 4.69) is 22.3 Å². The van der Waals surface area contributed by atoms with Gasteiger partial charge >= 0.3 is 0 Å². The summed E-state index contributed by atoms with van der Waals surface area (Å²) in [7, 11) is 1.91. The molecule has 40 heavy (non-hydrogen) atoms. The average Bonchev–Trinajstić information content (AvgIpc) is 3.63. The van der Waals surface area contributed by atoms with Gasteiger partial charge in [-0.05, 0) is 85.8 Å². The van der Waals surface area contributed by atoms with Gasteiger partial charge in [0.05, 0.1) is 11.4 Å². The zero-order chi connectivity index (χ0) is 27.5. The molecule has 6 heteroatoms. The van der Waals surface area contributed by atoms with Crippen molar-refractivity contribution >= 4 is 28.9 Å². The van der Waals surface area contributed by atoms with Crippen LogP contribution in [0.4, 0.5) is 11.4 Å². The number of hydrogen-bond acceptors (Lipinski definition) is 4. The maximum Gasteiger partial charge on any atom is 0.253 e. The Balaban J connectivity index is 1.32. The molecule has 0 bridgehead atoms. The quantitative estimate of drug-likeness (QED) is 0.350. The number of likely N-dealkylation sites (tertiary alicyclic amines) is 1. The van der Waals surface area contributed by atoms with Gasteiger partial charge in [0.1, 0.15) is 5.92 Å². The molecule has 2 heterocycles. The van der Waals surface area contributed by atoms with Gasteiger partial charge in [-0.15, -0.1) is 0 Å². The van der Waals surface area contributed by atoms with Crippen molar-refractivity contribution in [3.63, 3.8) is 0 Å². The Morgan fingerprint density at radius 2 is 1.62 bits per heavy atom. The van der Waals surface area contributed by atoms with Crippen LogP contribution in [0, 0.1) is 0 Å². The highest BCUT2D eigenvalue weighted by Crippen LogP contribution is 2.37. The molecule has 0 radical (unpaired) electrons. The first-order chi connectivity index (χ1) is 19.6. The summed E-state index contributed by atoms with van der Waals surface area (Å²) in [5, 5.41) is 3.04. The maximum atomic E-state index is 13.5. The molecule has 1 unspecified atom stereocenters. The van der Waals surface area contributed by atoms with E-state index >= 15 is 0 Å². The van der Waals surface area contributed by atoms with E-state index in [1.54, 1.807) is 0 Å². The van der Waals surface area contributed by atoms with Crippen LogP contribution in [0.2, 0.25) is 0 Å². The summed E-state index contributed by atoms with van der Waals surface area (Å²) in [6.07, 6.45) is 8.24. The Labute approximate surface area is 237 Å². The third-order valence-corrected chi connectivity index (χ3v) is 8.71.